The van der Waals surface area contributed by atoms with Gasteiger partial charge in [0.1, 0.15) is 0 Å². The number of aryl methyl sites for hydroxylation is 1. The van der Waals surface area contributed by atoms with Gasteiger partial charge >= 0.3 is 0 Å². The van der Waals surface area contributed by atoms with Crippen LogP contribution in [0.2, 0.25) is 0 Å². The highest BCUT2D eigenvalue weighted by molar-refractivity contribution is 8.00. The van der Waals surface area contributed by atoms with Crippen LogP contribution in [0.15, 0.2) is 53.4 Å². The maximum atomic E-state index is 12.5. The zero-order valence-corrected chi connectivity index (χ0v) is 14.6. The number of hydrogen-bond acceptors (Lipinski definition) is 3. The molecule has 0 radical (unpaired) electrons. The Morgan fingerprint density at radius 2 is 1.79 bits per heavy atom. The van der Waals surface area contributed by atoms with E-state index >= 15 is 0 Å². The second-order valence-corrected chi connectivity index (χ2v) is 6.52. The number of nitrogens with two attached hydrogens (primary N) is 1. The van der Waals surface area contributed by atoms with Crippen LogP contribution in [0.5, 0.6) is 0 Å². The summed E-state index contributed by atoms with van der Waals surface area (Å²) >= 11 is 1.27. The number of hydrogen-bond donors (Lipinski definition) is 2. The smallest absolute Gasteiger partial charge is 0.256 e. The van der Waals surface area contributed by atoms with E-state index in [0.29, 0.717) is 5.56 Å². The molecule has 0 heterocycles. The van der Waals surface area contributed by atoms with E-state index in [1.165, 1.54) is 17.3 Å². The van der Waals surface area contributed by atoms with Crippen molar-refractivity contribution in [2.24, 2.45) is 5.73 Å². The van der Waals surface area contributed by atoms with E-state index in [9.17, 15) is 9.59 Å². The Kier molecular flexibility index (Phi) is 6.88. The number of thioether (sulfide) groups is 1. The first-order valence-electron chi connectivity index (χ1n) is 8.00. The number of primary amides is 1. The highest BCUT2D eigenvalue weighted by Crippen LogP contribution is 2.23. The van der Waals surface area contributed by atoms with Crippen LogP contribution in [-0.2, 0) is 11.2 Å². The van der Waals surface area contributed by atoms with Gasteiger partial charge in [-0.15, -0.1) is 11.8 Å². The van der Waals surface area contributed by atoms with Crippen molar-refractivity contribution in [1.29, 1.82) is 0 Å². The summed E-state index contributed by atoms with van der Waals surface area (Å²) in [5.74, 6) is -0.446. The van der Waals surface area contributed by atoms with E-state index in [1.54, 1.807) is 12.1 Å². The van der Waals surface area contributed by atoms with E-state index in [1.807, 2.05) is 36.4 Å². The van der Waals surface area contributed by atoms with Crippen molar-refractivity contribution in [2.75, 3.05) is 11.1 Å². The summed E-state index contributed by atoms with van der Waals surface area (Å²) in [7, 11) is 0. The zero-order chi connectivity index (χ0) is 17.4. The Labute approximate surface area is 146 Å². The fraction of sp³-hybridized carbons (Fsp3) is 0.263. The lowest BCUT2D eigenvalue weighted by atomic mass is 10.1. The minimum atomic E-state index is -0.405. The lowest BCUT2D eigenvalue weighted by Gasteiger charge is -2.10. The fourth-order valence-corrected chi connectivity index (χ4v) is 3.05. The maximum absolute atomic E-state index is 12.5. The molecule has 2 rings (SSSR count). The molecule has 0 fully saturated rings. The molecule has 4 nitrogen and oxygen atoms in total. The van der Waals surface area contributed by atoms with Crippen LogP contribution in [0.25, 0.3) is 0 Å². The molecule has 24 heavy (non-hydrogen) atoms. The third kappa shape index (κ3) is 5.42. The largest absolute Gasteiger partial charge is 0.369 e. The first-order valence-corrected chi connectivity index (χ1v) is 8.99. The topological polar surface area (TPSA) is 72.2 Å². The van der Waals surface area contributed by atoms with Crippen LogP contribution in [0.3, 0.4) is 0 Å². The average Bonchev–Trinajstić information content (AvgIpc) is 2.59. The quantitative estimate of drug-likeness (QED) is 0.716. The minimum Gasteiger partial charge on any atom is -0.369 e. The molecular weight excluding hydrogens is 320 g/mol. The number of unbranched alkanes of at least 4 members (excludes halogenated alkanes) is 1. The average molecular weight is 342 g/mol. The van der Waals surface area contributed by atoms with E-state index in [4.69, 9.17) is 5.73 Å². The first kappa shape index (κ1) is 18.1. The predicted molar refractivity (Wildman–Crippen MR) is 99.4 cm³/mol. The molecule has 0 spiro atoms. The van der Waals surface area contributed by atoms with E-state index in [2.05, 4.69) is 12.2 Å². The summed E-state index contributed by atoms with van der Waals surface area (Å²) in [4.78, 5) is 24.2. The lowest BCUT2D eigenvalue weighted by Crippen LogP contribution is -2.15. The molecule has 0 aliphatic heterocycles. The minimum absolute atomic E-state index is 0.149. The number of carbonyl (C=O) groups excluding carboxylic acids is 2. The summed E-state index contributed by atoms with van der Waals surface area (Å²) in [6, 6.07) is 15.1. The lowest BCUT2D eigenvalue weighted by molar-refractivity contribution is -0.115. The van der Waals surface area contributed by atoms with Gasteiger partial charge in [-0.1, -0.05) is 37.6 Å². The highest BCUT2D eigenvalue weighted by Gasteiger charge is 2.12. The standard InChI is InChI=1S/C19H22N2O2S/c1-2-3-6-14-9-11-15(12-10-14)21-19(23)16-7-4-5-8-17(16)24-13-18(20)22/h4-5,7-12H,2-3,6,13H2,1H3,(H2,20,22)(H,21,23). The van der Waals surface area contributed by atoms with Crippen LogP contribution >= 0.6 is 11.8 Å². The third-order valence-corrected chi connectivity index (χ3v) is 4.63. The number of amides is 2. The van der Waals surface area contributed by atoms with Gasteiger partial charge in [0.25, 0.3) is 5.91 Å². The number of rotatable bonds is 8. The van der Waals surface area contributed by atoms with Gasteiger partial charge in [-0.2, -0.15) is 0 Å². The molecule has 0 unspecified atom stereocenters. The van der Waals surface area contributed by atoms with Gasteiger partial charge in [0.15, 0.2) is 0 Å². The molecular formula is C19H22N2O2S. The van der Waals surface area contributed by atoms with Crippen molar-refractivity contribution in [1.82, 2.24) is 0 Å². The SMILES string of the molecule is CCCCc1ccc(NC(=O)c2ccccc2SCC(N)=O)cc1. The van der Waals surface area contributed by atoms with Crippen molar-refractivity contribution in [3.8, 4) is 0 Å². The summed E-state index contributed by atoms with van der Waals surface area (Å²) < 4.78 is 0. The maximum Gasteiger partial charge on any atom is 0.256 e. The van der Waals surface area contributed by atoms with Gasteiger partial charge in [0.05, 0.1) is 11.3 Å². The van der Waals surface area contributed by atoms with Crippen molar-refractivity contribution >= 4 is 29.3 Å². The number of nitrogens with one attached hydrogen (secondary N) is 1. The second kappa shape index (κ2) is 9.13. The van der Waals surface area contributed by atoms with Gasteiger partial charge < -0.3 is 11.1 Å². The van der Waals surface area contributed by atoms with Crippen LogP contribution in [0.1, 0.15) is 35.7 Å². The van der Waals surface area contributed by atoms with E-state index in [-0.39, 0.29) is 11.7 Å². The number of carbonyl (C=O) groups is 2. The molecule has 126 valence electrons. The Bertz CT molecular complexity index is 699. The molecule has 0 aliphatic rings. The number of benzene rings is 2. The van der Waals surface area contributed by atoms with Crippen molar-refractivity contribution < 1.29 is 9.59 Å². The molecule has 0 saturated carbocycles. The first-order chi connectivity index (χ1) is 11.6. The molecule has 2 aromatic rings. The summed E-state index contributed by atoms with van der Waals surface area (Å²) in [5, 5.41) is 2.90. The van der Waals surface area contributed by atoms with Crippen molar-refractivity contribution in [2.45, 2.75) is 31.1 Å². The van der Waals surface area contributed by atoms with Gasteiger partial charge in [-0.3, -0.25) is 9.59 Å². The molecule has 0 aromatic heterocycles. The normalized spacial score (nSPS) is 10.4. The molecule has 0 saturated heterocycles. The molecule has 3 N–H and O–H groups in total. The zero-order valence-electron chi connectivity index (χ0n) is 13.7. The molecule has 0 aliphatic carbocycles. The Morgan fingerprint density at radius 3 is 2.46 bits per heavy atom. The van der Waals surface area contributed by atoms with Gasteiger partial charge in [0.2, 0.25) is 5.91 Å². The van der Waals surface area contributed by atoms with Gasteiger partial charge in [-0.05, 0) is 42.7 Å². The van der Waals surface area contributed by atoms with Crippen molar-refractivity contribution in [3.63, 3.8) is 0 Å². The molecule has 2 amide bonds. The van der Waals surface area contributed by atoms with Crippen LogP contribution < -0.4 is 11.1 Å². The van der Waals surface area contributed by atoms with Gasteiger partial charge in [-0.25, -0.2) is 0 Å². The number of anilines is 1. The molecule has 5 heteroatoms. The Morgan fingerprint density at radius 1 is 1.08 bits per heavy atom. The molecule has 2 aromatic carbocycles. The monoisotopic (exact) mass is 342 g/mol. The van der Waals surface area contributed by atoms with Crippen LogP contribution in [0, 0.1) is 0 Å². The van der Waals surface area contributed by atoms with Crippen molar-refractivity contribution in [3.05, 3.63) is 59.7 Å². The van der Waals surface area contributed by atoms with Crippen LogP contribution in [-0.4, -0.2) is 17.6 Å². The van der Waals surface area contributed by atoms with Crippen LogP contribution in [0.4, 0.5) is 5.69 Å². The predicted octanol–water partition coefficient (Wildman–Crippen LogP) is 3.86. The van der Waals surface area contributed by atoms with E-state index in [0.717, 1.165) is 29.8 Å². The summed E-state index contributed by atoms with van der Waals surface area (Å²) in [6.45, 7) is 2.17. The molecule has 0 atom stereocenters. The fourth-order valence-electron chi connectivity index (χ4n) is 2.26. The molecule has 0 bridgehead atoms. The summed E-state index contributed by atoms with van der Waals surface area (Å²) in [6.07, 6.45) is 3.38. The second-order valence-electron chi connectivity index (χ2n) is 5.51. The Balaban J connectivity index is 2.05. The highest BCUT2D eigenvalue weighted by atomic mass is 32.2. The van der Waals surface area contributed by atoms with E-state index < -0.39 is 5.91 Å². The Hall–Kier alpha value is -2.27. The summed E-state index contributed by atoms with van der Waals surface area (Å²) in [5.41, 5.74) is 7.75. The van der Waals surface area contributed by atoms with Gasteiger partial charge in [0, 0.05) is 10.6 Å². The third-order valence-electron chi connectivity index (χ3n) is 3.53.